The van der Waals surface area contributed by atoms with Gasteiger partial charge in [-0.1, -0.05) is 24.3 Å². The first kappa shape index (κ1) is 20.8. The van der Waals surface area contributed by atoms with Gasteiger partial charge in [-0.2, -0.15) is 0 Å². The maximum absolute atomic E-state index is 13.6. The highest BCUT2D eigenvalue weighted by atomic mass is 19.1. The van der Waals surface area contributed by atoms with E-state index in [0.29, 0.717) is 22.6 Å². The molecule has 2 heterocycles. The van der Waals surface area contributed by atoms with Crippen LogP contribution in [0, 0.1) is 11.6 Å². The van der Waals surface area contributed by atoms with Crippen LogP contribution in [-0.2, 0) is 16.9 Å². The van der Waals surface area contributed by atoms with Crippen LogP contribution in [0.4, 0.5) is 8.78 Å². The minimum absolute atomic E-state index is 0.0160. The number of hydrogen-bond acceptors (Lipinski definition) is 6. The van der Waals surface area contributed by atoms with Crippen LogP contribution in [0.5, 0.6) is 11.5 Å². The van der Waals surface area contributed by atoms with Gasteiger partial charge in [0.2, 0.25) is 11.7 Å². The Labute approximate surface area is 187 Å². The van der Waals surface area contributed by atoms with Crippen LogP contribution in [0.3, 0.4) is 0 Å². The molecule has 1 aromatic heterocycles. The number of benzene rings is 3. The van der Waals surface area contributed by atoms with E-state index in [4.69, 9.17) is 13.9 Å². The summed E-state index contributed by atoms with van der Waals surface area (Å²) in [5, 5.41) is 9.69. The molecule has 1 unspecified atom stereocenters. The fraction of sp³-hybridized carbons (Fsp3) is 0.120. The number of carbonyl (C=O) groups is 1. The average Bonchev–Trinajstić information content (AvgIpc) is 3.28. The third-order valence-electron chi connectivity index (χ3n) is 5.39. The van der Waals surface area contributed by atoms with E-state index in [9.17, 15) is 18.7 Å². The number of para-hydroxylation sites is 1. The number of aromatic hydroxyl groups is 1. The molecule has 1 aliphatic rings. The summed E-state index contributed by atoms with van der Waals surface area (Å²) in [5.74, 6) is -1.29. The van der Waals surface area contributed by atoms with Gasteiger partial charge in [0.05, 0.1) is 12.2 Å². The molecule has 0 saturated carbocycles. The molecule has 0 fully saturated rings. The van der Waals surface area contributed by atoms with Gasteiger partial charge in [0.15, 0.2) is 5.60 Å². The highest BCUT2D eigenvalue weighted by Gasteiger charge is 2.47. The minimum atomic E-state index is -1.49. The van der Waals surface area contributed by atoms with Gasteiger partial charge in [0.1, 0.15) is 41.7 Å². The Morgan fingerprint density at radius 1 is 1.03 bits per heavy atom. The lowest BCUT2D eigenvalue weighted by Gasteiger charge is -2.36. The number of phenols is 1. The predicted molar refractivity (Wildman–Crippen MR) is 113 cm³/mol. The van der Waals surface area contributed by atoms with Crippen molar-refractivity contribution in [1.29, 1.82) is 0 Å². The number of ether oxygens (including phenoxy) is 2. The first-order chi connectivity index (χ1) is 15.9. The number of rotatable bonds is 5. The van der Waals surface area contributed by atoms with Crippen molar-refractivity contribution in [3.63, 3.8) is 0 Å². The molecule has 0 spiro atoms. The fourth-order valence-electron chi connectivity index (χ4n) is 3.76. The maximum atomic E-state index is 13.6. The number of halogens is 2. The number of fused-ring (bicyclic) bond motifs is 1. The SMILES string of the molecule is O=C1c2ccccc2OCC1(OCc1coc(-c2cc(F)cc(F)c2)n1)c1ccc(O)cc1. The van der Waals surface area contributed by atoms with Crippen LogP contribution in [0.2, 0.25) is 0 Å². The van der Waals surface area contributed by atoms with Crippen molar-refractivity contribution in [2.24, 2.45) is 0 Å². The molecule has 1 N–H and O–H groups in total. The van der Waals surface area contributed by atoms with E-state index < -0.39 is 17.2 Å². The highest BCUT2D eigenvalue weighted by molar-refractivity contribution is 6.06. The Hall–Kier alpha value is -4.04. The average molecular weight is 449 g/mol. The molecule has 5 rings (SSSR count). The topological polar surface area (TPSA) is 81.8 Å². The lowest BCUT2D eigenvalue weighted by Crippen LogP contribution is -2.47. The monoisotopic (exact) mass is 449 g/mol. The Kier molecular flexibility index (Phi) is 5.14. The number of ketones is 1. The minimum Gasteiger partial charge on any atom is -0.508 e. The number of nitrogens with zero attached hydrogens (tertiary/aromatic N) is 1. The van der Waals surface area contributed by atoms with Gasteiger partial charge in [-0.05, 0) is 42.0 Å². The van der Waals surface area contributed by atoms with Crippen LogP contribution in [0.1, 0.15) is 21.6 Å². The zero-order valence-electron chi connectivity index (χ0n) is 17.1. The zero-order valence-corrected chi connectivity index (χ0v) is 17.1. The number of Topliss-reactive ketones (excluding diaryl/α,β-unsaturated/α-hetero) is 1. The summed E-state index contributed by atoms with van der Waals surface area (Å²) >= 11 is 0. The fourth-order valence-corrected chi connectivity index (χ4v) is 3.76. The van der Waals surface area contributed by atoms with E-state index in [1.54, 1.807) is 36.4 Å². The van der Waals surface area contributed by atoms with Gasteiger partial charge >= 0.3 is 0 Å². The Balaban J connectivity index is 1.46. The van der Waals surface area contributed by atoms with Gasteiger partial charge in [-0.15, -0.1) is 0 Å². The standard InChI is InChI=1S/C25H17F2NO5/c26-17-9-15(10-18(27)11-17)24-28-19(12-31-24)13-33-25(16-5-7-20(29)8-6-16)14-32-22-4-2-1-3-21(22)23(25)30/h1-12,29H,13-14H2. The molecular formula is C25H17F2NO5. The summed E-state index contributed by atoms with van der Waals surface area (Å²) in [5.41, 5.74) is -0.173. The first-order valence-electron chi connectivity index (χ1n) is 10.1. The largest absolute Gasteiger partial charge is 0.508 e. The quantitative estimate of drug-likeness (QED) is 0.461. The van der Waals surface area contributed by atoms with Crippen LogP contribution in [0.15, 0.2) is 77.4 Å². The Bertz CT molecular complexity index is 1310. The van der Waals surface area contributed by atoms with Crippen LogP contribution >= 0.6 is 0 Å². The molecular weight excluding hydrogens is 432 g/mol. The Morgan fingerprint density at radius 3 is 2.52 bits per heavy atom. The molecule has 1 aliphatic heterocycles. The molecule has 8 heteroatoms. The summed E-state index contributed by atoms with van der Waals surface area (Å²) in [6, 6.07) is 15.9. The maximum Gasteiger partial charge on any atom is 0.226 e. The number of oxazole rings is 1. The number of phenolic OH excluding ortho intramolecular Hbond substituents is 1. The second-order valence-electron chi connectivity index (χ2n) is 7.58. The van der Waals surface area contributed by atoms with Crippen molar-refractivity contribution >= 4 is 5.78 Å². The molecule has 33 heavy (non-hydrogen) atoms. The van der Waals surface area contributed by atoms with E-state index in [-0.39, 0.29) is 36.2 Å². The normalized spacial score (nSPS) is 17.5. The van der Waals surface area contributed by atoms with Crippen LogP contribution in [-0.4, -0.2) is 22.5 Å². The van der Waals surface area contributed by atoms with E-state index in [0.717, 1.165) is 18.2 Å². The number of carbonyl (C=O) groups excluding carboxylic acids is 1. The van der Waals surface area contributed by atoms with Crippen molar-refractivity contribution in [2.45, 2.75) is 12.2 Å². The first-order valence-corrected chi connectivity index (χ1v) is 10.1. The molecule has 6 nitrogen and oxygen atoms in total. The lowest BCUT2D eigenvalue weighted by atomic mass is 9.84. The van der Waals surface area contributed by atoms with E-state index >= 15 is 0 Å². The molecule has 3 aromatic carbocycles. The van der Waals surface area contributed by atoms with E-state index in [1.165, 1.54) is 18.4 Å². The van der Waals surface area contributed by atoms with Crippen LogP contribution in [0.25, 0.3) is 11.5 Å². The van der Waals surface area contributed by atoms with Gasteiger partial charge in [0.25, 0.3) is 0 Å². The second kappa shape index (κ2) is 8.14. The van der Waals surface area contributed by atoms with Crippen molar-refractivity contribution in [3.05, 3.63) is 101 Å². The van der Waals surface area contributed by atoms with E-state index in [1.807, 2.05) is 0 Å². The second-order valence-corrected chi connectivity index (χ2v) is 7.58. The number of aromatic nitrogens is 1. The van der Waals surface area contributed by atoms with Crippen molar-refractivity contribution in [1.82, 2.24) is 4.98 Å². The van der Waals surface area contributed by atoms with E-state index in [2.05, 4.69) is 4.98 Å². The van der Waals surface area contributed by atoms with Gasteiger partial charge in [-0.25, -0.2) is 13.8 Å². The zero-order chi connectivity index (χ0) is 23.0. The van der Waals surface area contributed by atoms with Crippen molar-refractivity contribution < 1.29 is 32.6 Å². The van der Waals surface area contributed by atoms with Crippen molar-refractivity contribution in [3.8, 4) is 23.0 Å². The highest BCUT2D eigenvalue weighted by Crippen LogP contribution is 2.39. The van der Waals surface area contributed by atoms with Gasteiger partial charge in [-0.3, -0.25) is 4.79 Å². The van der Waals surface area contributed by atoms with Gasteiger partial charge in [0, 0.05) is 11.6 Å². The molecule has 0 aliphatic carbocycles. The smallest absolute Gasteiger partial charge is 0.226 e. The summed E-state index contributed by atoms with van der Waals surface area (Å²) in [4.78, 5) is 17.8. The molecule has 0 saturated heterocycles. The van der Waals surface area contributed by atoms with Crippen LogP contribution < -0.4 is 4.74 Å². The summed E-state index contributed by atoms with van der Waals surface area (Å²) in [6.07, 6.45) is 1.30. The summed E-state index contributed by atoms with van der Waals surface area (Å²) in [7, 11) is 0. The summed E-state index contributed by atoms with van der Waals surface area (Å²) in [6.45, 7) is -0.229. The molecule has 0 amide bonds. The van der Waals surface area contributed by atoms with Crippen molar-refractivity contribution in [2.75, 3.05) is 6.61 Å². The Morgan fingerprint density at radius 2 is 1.76 bits per heavy atom. The lowest BCUT2D eigenvalue weighted by molar-refractivity contribution is -0.0692. The number of hydrogen-bond donors (Lipinski definition) is 1. The predicted octanol–water partition coefficient (Wildman–Crippen LogP) is 5.01. The third-order valence-corrected chi connectivity index (χ3v) is 5.39. The molecule has 166 valence electrons. The molecule has 4 aromatic rings. The molecule has 0 radical (unpaired) electrons. The summed E-state index contributed by atoms with van der Waals surface area (Å²) < 4.78 is 44.4. The van der Waals surface area contributed by atoms with Gasteiger partial charge < -0.3 is 19.0 Å². The molecule has 1 atom stereocenters. The molecule has 0 bridgehead atoms. The third kappa shape index (κ3) is 3.85.